The maximum absolute atomic E-state index is 12.8. The van der Waals surface area contributed by atoms with Gasteiger partial charge in [-0.25, -0.2) is 18.2 Å². The zero-order valence-corrected chi connectivity index (χ0v) is 6.60. The van der Waals surface area contributed by atoms with E-state index in [-0.39, 0.29) is 17.9 Å². The summed E-state index contributed by atoms with van der Waals surface area (Å²) in [4.78, 5) is 3.38. The van der Waals surface area contributed by atoms with Crippen LogP contribution in [0.2, 0.25) is 0 Å². The van der Waals surface area contributed by atoms with Crippen LogP contribution in [0.1, 0.15) is 17.6 Å². The number of hydrogen-bond acceptors (Lipinski definition) is 3. The van der Waals surface area contributed by atoms with Gasteiger partial charge in [0.05, 0.1) is 11.8 Å². The van der Waals surface area contributed by atoms with Crippen LogP contribution >= 0.6 is 0 Å². The lowest BCUT2D eigenvalue weighted by Crippen LogP contribution is -2.10. The molecule has 1 heterocycles. The van der Waals surface area contributed by atoms with Crippen molar-refractivity contribution in [1.82, 2.24) is 4.98 Å². The summed E-state index contributed by atoms with van der Waals surface area (Å²) >= 11 is 0. The van der Waals surface area contributed by atoms with Crippen LogP contribution in [0.25, 0.3) is 0 Å². The molecule has 1 aromatic heterocycles. The van der Waals surface area contributed by atoms with E-state index >= 15 is 0 Å². The van der Waals surface area contributed by atoms with Gasteiger partial charge in [-0.05, 0) is 0 Å². The van der Waals surface area contributed by atoms with E-state index in [4.69, 9.17) is 11.5 Å². The van der Waals surface area contributed by atoms with Crippen molar-refractivity contribution in [2.45, 2.75) is 13.0 Å². The highest BCUT2D eigenvalue weighted by Gasteiger charge is 2.20. The van der Waals surface area contributed by atoms with Gasteiger partial charge in [-0.2, -0.15) is 0 Å². The van der Waals surface area contributed by atoms with E-state index in [1.165, 1.54) is 0 Å². The van der Waals surface area contributed by atoms with Crippen LogP contribution < -0.4 is 11.5 Å². The second kappa shape index (κ2) is 3.61. The number of nitrogen functional groups attached to an aromatic ring is 1. The predicted octanol–water partition coefficient (Wildman–Crippen LogP) is 1.20. The molecule has 0 bridgehead atoms. The van der Waals surface area contributed by atoms with Crippen LogP contribution in [0.5, 0.6) is 0 Å². The standard InChI is InChI=1S/C7H8F3N3/c8-4-2-13-7(12)3(1-11)5(4)6(9)10/h2,6H,1,11H2,(H2,12,13). The Bertz CT molecular complexity index is 314. The molecule has 3 nitrogen and oxygen atoms in total. The Morgan fingerprint density at radius 2 is 2.08 bits per heavy atom. The van der Waals surface area contributed by atoms with Crippen LogP contribution in [-0.2, 0) is 6.54 Å². The van der Waals surface area contributed by atoms with E-state index in [9.17, 15) is 13.2 Å². The second-order valence-electron chi connectivity index (χ2n) is 2.39. The molecular formula is C7H8F3N3. The van der Waals surface area contributed by atoms with Gasteiger partial charge in [0.25, 0.3) is 6.43 Å². The highest BCUT2D eigenvalue weighted by molar-refractivity contribution is 5.45. The van der Waals surface area contributed by atoms with Crippen molar-refractivity contribution in [3.05, 3.63) is 23.1 Å². The molecule has 0 aliphatic rings. The highest BCUT2D eigenvalue weighted by atomic mass is 19.3. The molecule has 1 aromatic rings. The number of rotatable bonds is 2. The van der Waals surface area contributed by atoms with E-state index in [1.54, 1.807) is 0 Å². The first-order valence-electron chi connectivity index (χ1n) is 3.49. The fourth-order valence-corrected chi connectivity index (χ4v) is 1.01. The molecule has 0 aliphatic carbocycles. The predicted molar refractivity (Wildman–Crippen MR) is 41.5 cm³/mol. The van der Waals surface area contributed by atoms with E-state index in [0.29, 0.717) is 6.20 Å². The fraction of sp³-hybridized carbons (Fsp3) is 0.286. The van der Waals surface area contributed by atoms with Crippen molar-refractivity contribution >= 4 is 5.82 Å². The SMILES string of the molecule is NCc1c(N)ncc(F)c1C(F)F. The Labute approximate surface area is 72.6 Å². The van der Waals surface area contributed by atoms with Crippen molar-refractivity contribution in [2.24, 2.45) is 5.73 Å². The number of anilines is 1. The Hall–Kier alpha value is -1.30. The third-order valence-electron chi connectivity index (χ3n) is 1.63. The largest absolute Gasteiger partial charge is 0.383 e. The quantitative estimate of drug-likeness (QED) is 0.738. The number of halogens is 3. The lowest BCUT2D eigenvalue weighted by molar-refractivity contribution is 0.145. The van der Waals surface area contributed by atoms with Crippen molar-refractivity contribution in [3.8, 4) is 0 Å². The number of nitrogens with two attached hydrogens (primary N) is 2. The summed E-state index contributed by atoms with van der Waals surface area (Å²) in [5.41, 5.74) is 9.50. The van der Waals surface area contributed by atoms with E-state index < -0.39 is 17.8 Å². The number of alkyl halides is 2. The number of aromatic nitrogens is 1. The molecule has 0 atom stereocenters. The minimum absolute atomic E-state index is 0.130. The monoisotopic (exact) mass is 191 g/mol. The number of hydrogen-bond donors (Lipinski definition) is 2. The van der Waals surface area contributed by atoms with E-state index in [1.807, 2.05) is 0 Å². The number of nitrogens with zero attached hydrogens (tertiary/aromatic N) is 1. The minimum Gasteiger partial charge on any atom is -0.383 e. The lowest BCUT2D eigenvalue weighted by Gasteiger charge is -2.09. The van der Waals surface area contributed by atoms with E-state index in [0.717, 1.165) is 0 Å². The molecule has 0 saturated heterocycles. The summed E-state index contributed by atoms with van der Waals surface area (Å²) in [5, 5.41) is 0. The molecule has 72 valence electrons. The van der Waals surface area contributed by atoms with Crippen molar-refractivity contribution < 1.29 is 13.2 Å². The van der Waals surface area contributed by atoms with Crippen LogP contribution in [0.4, 0.5) is 19.0 Å². The second-order valence-corrected chi connectivity index (χ2v) is 2.39. The van der Waals surface area contributed by atoms with Gasteiger partial charge >= 0.3 is 0 Å². The molecule has 4 N–H and O–H groups in total. The summed E-state index contributed by atoms with van der Waals surface area (Å²) < 4.78 is 37.4. The fourth-order valence-electron chi connectivity index (χ4n) is 1.01. The molecule has 1 rings (SSSR count). The van der Waals surface area contributed by atoms with Gasteiger partial charge in [0, 0.05) is 12.1 Å². The average molecular weight is 191 g/mol. The molecule has 6 heteroatoms. The molecule has 0 radical (unpaired) electrons. The zero-order valence-electron chi connectivity index (χ0n) is 6.60. The first kappa shape index (κ1) is 9.79. The smallest absolute Gasteiger partial charge is 0.267 e. The van der Waals surface area contributed by atoms with Crippen LogP contribution in [-0.4, -0.2) is 4.98 Å². The van der Waals surface area contributed by atoms with Crippen LogP contribution in [0.15, 0.2) is 6.20 Å². The maximum atomic E-state index is 12.8. The van der Waals surface area contributed by atoms with Gasteiger partial charge in [-0.3, -0.25) is 0 Å². The van der Waals surface area contributed by atoms with Crippen molar-refractivity contribution in [3.63, 3.8) is 0 Å². The molecule has 0 aliphatic heterocycles. The summed E-state index contributed by atoms with van der Waals surface area (Å²) in [7, 11) is 0. The third kappa shape index (κ3) is 1.72. The van der Waals surface area contributed by atoms with Gasteiger partial charge in [0.2, 0.25) is 0 Å². The minimum atomic E-state index is -2.93. The van der Waals surface area contributed by atoms with Crippen LogP contribution in [0.3, 0.4) is 0 Å². The average Bonchev–Trinajstić information content (AvgIpc) is 2.07. The highest BCUT2D eigenvalue weighted by Crippen LogP contribution is 2.27. The number of pyridine rings is 1. The Kier molecular flexibility index (Phi) is 2.72. The molecule has 0 spiro atoms. The summed E-state index contributed by atoms with van der Waals surface area (Å²) in [6, 6.07) is 0. The molecular weight excluding hydrogens is 183 g/mol. The van der Waals surface area contributed by atoms with Gasteiger partial charge in [-0.15, -0.1) is 0 Å². The van der Waals surface area contributed by atoms with Gasteiger partial charge in [0.15, 0.2) is 5.82 Å². The normalized spacial score (nSPS) is 10.8. The summed E-state index contributed by atoms with van der Waals surface area (Å²) in [6.45, 7) is -0.254. The van der Waals surface area contributed by atoms with Crippen molar-refractivity contribution in [1.29, 1.82) is 0 Å². The first-order valence-corrected chi connectivity index (χ1v) is 3.49. The molecule has 0 aromatic carbocycles. The van der Waals surface area contributed by atoms with Crippen molar-refractivity contribution in [2.75, 3.05) is 5.73 Å². The first-order chi connectivity index (χ1) is 6.07. The lowest BCUT2D eigenvalue weighted by atomic mass is 10.1. The Morgan fingerprint density at radius 3 is 2.46 bits per heavy atom. The topological polar surface area (TPSA) is 64.9 Å². The van der Waals surface area contributed by atoms with Gasteiger partial charge in [-0.1, -0.05) is 0 Å². The molecule has 0 unspecified atom stereocenters. The zero-order chi connectivity index (χ0) is 10.0. The Morgan fingerprint density at radius 1 is 1.46 bits per heavy atom. The van der Waals surface area contributed by atoms with E-state index in [2.05, 4.69) is 4.98 Å². The summed E-state index contributed by atoms with van der Waals surface area (Å²) in [5.74, 6) is -1.23. The molecule has 13 heavy (non-hydrogen) atoms. The maximum Gasteiger partial charge on any atom is 0.267 e. The molecule has 0 fully saturated rings. The third-order valence-corrected chi connectivity index (χ3v) is 1.63. The molecule has 0 saturated carbocycles. The van der Waals surface area contributed by atoms with Crippen LogP contribution in [0, 0.1) is 5.82 Å². The molecule has 0 amide bonds. The summed E-state index contributed by atoms with van der Waals surface area (Å²) in [6.07, 6.45) is -2.26. The van der Waals surface area contributed by atoms with Gasteiger partial charge in [0.1, 0.15) is 5.82 Å². The van der Waals surface area contributed by atoms with Gasteiger partial charge < -0.3 is 11.5 Å². The Balaban J connectivity index is 3.35.